The molecule has 0 bridgehead atoms. The SMILES string of the molecule is C/C=C/c1cc(OCc2ccccc2)cc(OCc2ccccc2)c1C(=O)OC. The average molecular weight is 388 g/mol. The molecule has 3 aromatic rings. The normalized spacial score (nSPS) is 10.7. The van der Waals surface area contributed by atoms with Gasteiger partial charge >= 0.3 is 5.97 Å². The van der Waals surface area contributed by atoms with E-state index < -0.39 is 5.97 Å². The zero-order chi connectivity index (χ0) is 20.5. The molecule has 0 atom stereocenters. The van der Waals surface area contributed by atoms with Gasteiger partial charge in [-0.3, -0.25) is 0 Å². The van der Waals surface area contributed by atoms with Gasteiger partial charge < -0.3 is 14.2 Å². The third kappa shape index (κ3) is 5.48. The topological polar surface area (TPSA) is 44.8 Å². The van der Waals surface area contributed by atoms with Crippen LogP contribution in [0.25, 0.3) is 6.08 Å². The fourth-order valence-electron chi connectivity index (χ4n) is 2.92. The van der Waals surface area contributed by atoms with Gasteiger partial charge in [-0.1, -0.05) is 72.8 Å². The van der Waals surface area contributed by atoms with Crippen LogP contribution in [0.5, 0.6) is 11.5 Å². The first-order chi connectivity index (χ1) is 14.2. The van der Waals surface area contributed by atoms with Gasteiger partial charge in [0.1, 0.15) is 30.3 Å². The summed E-state index contributed by atoms with van der Waals surface area (Å²) in [5.74, 6) is 0.604. The van der Waals surface area contributed by atoms with Crippen molar-refractivity contribution in [2.45, 2.75) is 20.1 Å². The highest BCUT2D eigenvalue weighted by Gasteiger charge is 2.19. The molecule has 0 heterocycles. The van der Waals surface area contributed by atoms with Crippen molar-refractivity contribution in [1.82, 2.24) is 0 Å². The van der Waals surface area contributed by atoms with Crippen molar-refractivity contribution >= 4 is 12.0 Å². The Bertz CT molecular complexity index is 963. The van der Waals surface area contributed by atoms with Crippen LogP contribution in [-0.4, -0.2) is 13.1 Å². The second kappa shape index (κ2) is 10.1. The molecule has 0 fully saturated rings. The van der Waals surface area contributed by atoms with E-state index >= 15 is 0 Å². The molecule has 0 spiro atoms. The summed E-state index contributed by atoms with van der Waals surface area (Å²) in [5, 5.41) is 0. The Morgan fingerprint density at radius 1 is 0.862 bits per heavy atom. The summed E-state index contributed by atoms with van der Waals surface area (Å²) in [6.07, 6.45) is 3.71. The first kappa shape index (κ1) is 20.2. The van der Waals surface area contributed by atoms with E-state index in [4.69, 9.17) is 14.2 Å². The van der Waals surface area contributed by atoms with Gasteiger partial charge in [0.25, 0.3) is 0 Å². The van der Waals surface area contributed by atoms with Crippen molar-refractivity contribution in [3.63, 3.8) is 0 Å². The lowest BCUT2D eigenvalue weighted by atomic mass is 10.0. The lowest BCUT2D eigenvalue weighted by Crippen LogP contribution is -2.09. The number of benzene rings is 3. The molecule has 0 saturated heterocycles. The van der Waals surface area contributed by atoms with Gasteiger partial charge in [0.2, 0.25) is 0 Å². The molecule has 0 amide bonds. The maximum atomic E-state index is 12.5. The largest absolute Gasteiger partial charge is 0.489 e. The Balaban J connectivity index is 1.92. The van der Waals surface area contributed by atoms with Crippen molar-refractivity contribution < 1.29 is 19.0 Å². The zero-order valence-corrected chi connectivity index (χ0v) is 16.6. The van der Waals surface area contributed by atoms with E-state index in [1.54, 1.807) is 6.07 Å². The number of carbonyl (C=O) groups is 1. The number of esters is 1. The average Bonchev–Trinajstić information content (AvgIpc) is 2.77. The first-order valence-electron chi connectivity index (χ1n) is 9.43. The highest BCUT2D eigenvalue weighted by molar-refractivity contribution is 5.97. The van der Waals surface area contributed by atoms with Crippen molar-refractivity contribution in [2.75, 3.05) is 7.11 Å². The molecule has 0 radical (unpaired) electrons. The standard InChI is InChI=1S/C25H24O4/c1-3-10-21-15-22(28-17-19-11-6-4-7-12-19)16-23(24(21)25(26)27-2)29-18-20-13-8-5-9-14-20/h3-16H,17-18H2,1-2H3/b10-3+. The highest BCUT2D eigenvalue weighted by atomic mass is 16.5. The number of allylic oxidation sites excluding steroid dienone is 1. The summed E-state index contributed by atoms with van der Waals surface area (Å²) >= 11 is 0. The predicted molar refractivity (Wildman–Crippen MR) is 114 cm³/mol. The van der Waals surface area contributed by atoms with E-state index in [0.29, 0.717) is 35.8 Å². The Labute approximate surface area is 171 Å². The van der Waals surface area contributed by atoms with Crippen LogP contribution in [-0.2, 0) is 18.0 Å². The Morgan fingerprint density at radius 2 is 1.45 bits per heavy atom. The third-order valence-corrected chi connectivity index (χ3v) is 4.33. The summed E-state index contributed by atoms with van der Waals surface area (Å²) in [6, 6.07) is 23.3. The van der Waals surface area contributed by atoms with Gasteiger partial charge in [0.05, 0.1) is 7.11 Å². The van der Waals surface area contributed by atoms with E-state index in [2.05, 4.69) is 0 Å². The van der Waals surface area contributed by atoms with Crippen LogP contribution in [0.3, 0.4) is 0 Å². The molecule has 148 valence electrons. The van der Waals surface area contributed by atoms with Gasteiger partial charge in [-0.25, -0.2) is 4.79 Å². The molecule has 0 aliphatic heterocycles. The minimum atomic E-state index is -0.448. The van der Waals surface area contributed by atoms with Crippen molar-refractivity contribution in [3.8, 4) is 11.5 Å². The van der Waals surface area contributed by atoms with Crippen LogP contribution < -0.4 is 9.47 Å². The lowest BCUT2D eigenvalue weighted by molar-refractivity contribution is 0.0595. The smallest absolute Gasteiger partial charge is 0.342 e. The molecule has 0 N–H and O–H groups in total. The van der Waals surface area contributed by atoms with Crippen LogP contribution in [0.15, 0.2) is 78.9 Å². The molecular weight excluding hydrogens is 364 g/mol. The predicted octanol–water partition coefficient (Wildman–Crippen LogP) is 5.66. The molecule has 0 aromatic heterocycles. The molecule has 0 unspecified atom stereocenters. The molecule has 4 nitrogen and oxygen atoms in total. The van der Waals surface area contributed by atoms with E-state index in [-0.39, 0.29) is 0 Å². The molecule has 3 aromatic carbocycles. The molecule has 4 heteroatoms. The number of hydrogen-bond acceptors (Lipinski definition) is 4. The van der Waals surface area contributed by atoms with Crippen molar-refractivity contribution in [3.05, 3.63) is 101 Å². The number of hydrogen-bond donors (Lipinski definition) is 0. The Kier molecular flexibility index (Phi) is 7.06. The van der Waals surface area contributed by atoms with Gasteiger partial charge in [0, 0.05) is 6.07 Å². The fraction of sp³-hybridized carbons (Fsp3) is 0.160. The molecular formula is C25H24O4. The monoisotopic (exact) mass is 388 g/mol. The highest BCUT2D eigenvalue weighted by Crippen LogP contribution is 2.32. The number of ether oxygens (including phenoxy) is 3. The van der Waals surface area contributed by atoms with E-state index in [9.17, 15) is 4.79 Å². The molecule has 29 heavy (non-hydrogen) atoms. The second-order valence-corrected chi connectivity index (χ2v) is 6.43. The summed E-state index contributed by atoms with van der Waals surface area (Å²) in [7, 11) is 1.36. The number of rotatable bonds is 8. The molecule has 0 saturated carbocycles. The van der Waals surface area contributed by atoms with Gasteiger partial charge in [-0.2, -0.15) is 0 Å². The lowest BCUT2D eigenvalue weighted by Gasteiger charge is -2.16. The van der Waals surface area contributed by atoms with Crippen LogP contribution in [0.1, 0.15) is 34.0 Å². The zero-order valence-electron chi connectivity index (χ0n) is 16.6. The van der Waals surface area contributed by atoms with Gasteiger partial charge in [0.15, 0.2) is 0 Å². The third-order valence-electron chi connectivity index (χ3n) is 4.33. The minimum Gasteiger partial charge on any atom is -0.489 e. The first-order valence-corrected chi connectivity index (χ1v) is 9.43. The Hall–Kier alpha value is -3.53. The maximum Gasteiger partial charge on any atom is 0.342 e. The summed E-state index contributed by atoms with van der Waals surface area (Å²) in [5.41, 5.74) is 3.14. The van der Waals surface area contributed by atoms with E-state index in [0.717, 1.165) is 11.1 Å². The van der Waals surface area contributed by atoms with Crippen LogP contribution in [0.4, 0.5) is 0 Å². The van der Waals surface area contributed by atoms with Crippen molar-refractivity contribution in [1.29, 1.82) is 0 Å². The maximum absolute atomic E-state index is 12.5. The summed E-state index contributed by atoms with van der Waals surface area (Å²) in [4.78, 5) is 12.5. The van der Waals surface area contributed by atoms with E-state index in [1.165, 1.54) is 7.11 Å². The quantitative estimate of drug-likeness (QED) is 0.467. The molecule has 0 aliphatic rings. The van der Waals surface area contributed by atoms with Crippen LogP contribution in [0.2, 0.25) is 0 Å². The fourth-order valence-corrected chi connectivity index (χ4v) is 2.92. The molecule has 3 rings (SSSR count). The van der Waals surface area contributed by atoms with Gasteiger partial charge in [-0.05, 0) is 29.7 Å². The van der Waals surface area contributed by atoms with Crippen molar-refractivity contribution in [2.24, 2.45) is 0 Å². The molecule has 0 aliphatic carbocycles. The van der Waals surface area contributed by atoms with Crippen LogP contribution in [0, 0.1) is 0 Å². The summed E-state index contributed by atoms with van der Waals surface area (Å²) in [6.45, 7) is 2.65. The number of carbonyl (C=O) groups excluding carboxylic acids is 1. The van der Waals surface area contributed by atoms with Gasteiger partial charge in [-0.15, -0.1) is 0 Å². The second-order valence-electron chi connectivity index (χ2n) is 6.43. The van der Waals surface area contributed by atoms with Crippen LogP contribution >= 0.6 is 0 Å². The number of methoxy groups -OCH3 is 1. The van der Waals surface area contributed by atoms with E-state index in [1.807, 2.05) is 85.8 Å². The summed E-state index contributed by atoms with van der Waals surface area (Å²) < 4.78 is 17.0. The minimum absolute atomic E-state index is 0.336. The Morgan fingerprint density at radius 3 is 2.00 bits per heavy atom.